The van der Waals surface area contributed by atoms with E-state index in [-0.39, 0.29) is 41.2 Å². The molecule has 0 aromatic rings. The molecule has 0 aromatic carbocycles. The minimum absolute atomic E-state index is 0.0583. The third-order valence-electron chi connectivity index (χ3n) is 11.5. The lowest BCUT2D eigenvalue weighted by Crippen LogP contribution is -2.69. The van der Waals surface area contributed by atoms with Gasteiger partial charge in [0.15, 0.2) is 0 Å². The summed E-state index contributed by atoms with van der Waals surface area (Å²) in [5, 5.41) is 30.4. The van der Waals surface area contributed by atoms with E-state index in [2.05, 4.69) is 28.9 Å². The van der Waals surface area contributed by atoms with Crippen LogP contribution in [0.25, 0.3) is 0 Å². The second-order valence-electron chi connectivity index (χ2n) is 16.2. The Morgan fingerprint density at radius 1 is 0.808 bits per heavy atom. The predicted molar refractivity (Wildman–Crippen MR) is 195 cm³/mol. The first-order valence-electron chi connectivity index (χ1n) is 19.2. The van der Waals surface area contributed by atoms with Crippen LogP contribution in [-0.2, 0) is 33.3 Å². The fourth-order valence-electron chi connectivity index (χ4n) is 8.01. The zero-order valence-corrected chi connectivity index (χ0v) is 33.0. The molecule has 0 spiro atoms. The first kappa shape index (κ1) is 45.6. The quantitative estimate of drug-likeness (QED) is 0.0681. The van der Waals surface area contributed by atoms with E-state index in [0.29, 0.717) is 32.0 Å². The molecule has 2 aliphatic carbocycles. The number of hydrogen-bond donors (Lipinski definition) is 3. The number of nitrogens with zero attached hydrogens (tertiary/aromatic N) is 2. The van der Waals surface area contributed by atoms with Gasteiger partial charge in [0.05, 0.1) is 36.1 Å². The van der Waals surface area contributed by atoms with Crippen molar-refractivity contribution in [3.63, 3.8) is 0 Å². The number of methoxy groups -OCH3 is 1. The SMILES string of the molecule is CC1(C)OC2(C)C(O)CC1CC2O.COC1CC2CC(OC(=O)NCCCCCCCC(C)=O)C1(C)OC2(C)C.N#COCCCCCCN=C=O. The van der Waals surface area contributed by atoms with E-state index in [4.69, 9.17) is 24.2 Å². The Hall–Kier alpha value is -2.59. The van der Waals surface area contributed by atoms with Gasteiger partial charge in [-0.2, -0.15) is 5.26 Å². The summed E-state index contributed by atoms with van der Waals surface area (Å²) in [6, 6.07) is 0. The lowest BCUT2D eigenvalue weighted by atomic mass is 9.65. The Bertz CT molecular complexity index is 1190. The standard InChI is InChI=1S/C21H37NO5.C10H18O3.C8H12N2O2/c1-15(23)11-9-7-6-8-10-12-22-19(24)26-18-14-16-13-17(25-5)21(18,4)27-20(16,2)3;1-9(2)6-4-7(11)10(3,13-9)8(12)5-6;9-7-12-6-4-2-1-3-5-10-8-11/h16-18H,6-14H2,1-5H3,(H,22,24);6-8,11-12H,4-5H2,1-3H3;1-6H2. The van der Waals surface area contributed by atoms with E-state index < -0.39 is 23.4 Å². The maximum absolute atomic E-state index is 12.2. The highest BCUT2D eigenvalue weighted by atomic mass is 16.6. The first-order valence-corrected chi connectivity index (χ1v) is 19.2. The smallest absolute Gasteiger partial charge is 0.407 e. The number of Topliss-reactive ketones (excluding diaryl/α,β-unsaturated/α-hetero) is 1. The average molecular weight is 738 g/mol. The van der Waals surface area contributed by atoms with Crippen LogP contribution in [0.5, 0.6) is 0 Å². The second kappa shape index (κ2) is 21.3. The van der Waals surface area contributed by atoms with Gasteiger partial charge in [-0.15, -0.1) is 0 Å². The highest BCUT2D eigenvalue weighted by Gasteiger charge is 2.61. The van der Waals surface area contributed by atoms with Gasteiger partial charge in [0, 0.05) is 20.1 Å². The number of aliphatic imine (C=N–C) groups is 1. The highest BCUT2D eigenvalue weighted by molar-refractivity contribution is 5.75. The van der Waals surface area contributed by atoms with Crippen LogP contribution in [0.3, 0.4) is 0 Å². The molecule has 6 rings (SSSR count). The summed E-state index contributed by atoms with van der Waals surface area (Å²) in [5.41, 5.74) is -1.78. The van der Waals surface area contributed by atoms with Gasteiger partial charge in [-0.1, -0.05) is 25.7 Å². The molecule has 4 heterocycles. The monoisotopic (exact) mass is 737 g/mol. The van der Waals surface area contributed by atoms with Crippen molar-refractivity contribution in [2.45, 2.75) is 185 Å². The molecule has 6 unspecified atom stereocenters. The van der Waals surface area contributed by atoms with Crippen molar-refractivity contribution < 1.29 is 48.3 Å². The lowest BCUT2D eigenvalue weighted by molar-refractivity contribution is -0.313. The van der Waals surface area contributed by atoms with Crippen molar-refractivity contribution in [3.8, 4) is 6.26 Å². The van der Waals surface area contributed by atoms with E-state index in [1.807, 2.05) is 20.8 Å². The molecule has 3 N–H and O–H groups in total. The van der Waals surface area contributed by atoms with Gasteiger partial charge in [0.2, 0.25) is 6.08 Å². The van der Waals surface area contributed by atoms with Gasteiger partial charge >= 0.3 is 6.09 Å². The molecule has 4 saturated heterocycles. The summed E-state index contributed by atoms with van der Waals surface area (Å²) >= 11 is 0. The van der Waals surface area contributed by atoms with Gasteiger partial charge in [-0.25, -0.2) is 14.6 Å². The molecule has 2 saturated carbocycles. The summed E-state index contributed by atoms with van der Waals surface area (Å²) in [5.74, 6) is 0.851. The van der Waals surface area contributed by atoms with E-state index >= 15 is 0 Å². The number of ether oxygens (including phenoxy) is 5. The molecule has 6 aliphatic rings. The molecule has 6 atom stereocenters. The molecule has 52 heavy (non-hydrogen) atoms. The number of alkyl carbamates (subject to hydrolysis) is 1. The normalized spacial score (nSPS) is 31.7. The number of amides is 1. The fraction of sp³-hybridized carbons (Fsp3) is 0.897. The molecule has 0 aromatic heterocycles. The van der Waals surface area contributed by atoms with Gasteiger partial charge in [-0.3, -0.25) is 0 Å². The molecular weight excluding hydrogens is 670 g/mol. The number of unbranched alkanes of at least 4 members (excludes halogenated alkanes) is 7. The van der Waals surface area contributed by atoms with Crippen LogP contribution in [-0.4, -0.2) is 102 Å². The maximum Gasteiger partial charge on any atom is 0.407 e. The summed E-state index contributed by atoms with van der Waals surface area (Å²) in [6.07, 6.45) is 14.2. The van der Waals surface area contributed by atoms with E-state index in [1.165, 1.54) is 6.08 Å². The largest absolute Gasteiger partial charge is 0.443 e. The van der Waals surface area contributed by atoms with Gasteiger partial charge in [0.1, 0.15) is 29.7 Å². The number of nitrogens with one attached hydrogen (secondary N) is 1. The molecule has 13 heteroatoms. The summed E-state index contributed by atoms with van der Waals surface area (Å²) in [4.78, 5) is 36.2. The van der Waals surface area contributed by atoms with Crippen molar-refractivity contribution in [1.82, 2.24) is 5.32 Å². The van der Waals surface area contributed by atoms with Crippen molar-refractivity contribution in [1.29, 1.82) is 5.26 Å². The van der Waals surface area contributed by atoms with E-state index in [0.717, 1.165) is 83.5 Å². The number of aliphatic hydroxyl groups is 2. The second-order valence-corrected chi connectivity index (χ2v) is 16.2. The number of carbonyl (C=O) groups excluding carboxylic acids is 3. The van der Waals surface area contributed by atoms with Crippen LogP contribution in [0.4, 0.5) is 4.79 Å². The number of rotatable bonds is 17. The summed E-state index contributed by atoms with van der Waals surface area (Å²) < 4.78 is 28.0. The van der Waals surface area contributed by atoms with Gasteiger partial charge in [-0.05, 0) is 118 Å². The number of nitriles is 1. The van der Waals surface area contributed by atoms with E-state index in [9.17, 15) is 24.6 Å². The number of ketones is 1. The van der Waals surface area contributed by atoms with Crippen LogP contribution >= 0.6 is 0 Å². The molecule has 6 fully saturated rings. The third-order valence-corrected chi connectivity index (χ3v) is 11.5. The molecule has 1 amide bonds. The van der Waals surface area contributed by atoms with Crippen molar-refractivity contribution >= 4 is 18.0 Å². The third kappa shape index (κ3) is 13.4. The van der Waals surface area contributed by atoms with Gasteiger partial charge < -0.3 is 44.0 Å². The Morgan fingerprint density at radius 3 is 1.92 bits per heavy atom. The van der Waals surface area contributed by atoms with Crippen LogP contribution in [0.2, 0.25) is 0 Å². The van der Waals surface area contributed by atoms with Crippen LogP contribution < -0.4 is 5.32 Å². The Labute approximate surface area is 311 Å². The number of hydrogen-bond acceptors (Lipinski definition) is 12. The Morgan fingerprint density at radius 2 is 1.35 bits per heavy atom. The van der Waals surface area contributed by atoms with Gasteiger partial charge in [0.25, 0.3) is 6.26 Å². The number of fused-ring (bicyclic) bond motifs is 6. The minimum atomic E-state index is -0.752. The average Bonchev–Trinajstić information content (AvgIpc) is 3.06. The zero-order chi connectivity index (χ0) is 39.0. The minimum Gasteiger partial charge on any atom is -0.443 e. The summed E-state index contributed by atoms with van der Waals surface area (Å²) in [7, 11) is 1.69. The molecule has 4 bridgehead atoms. The molecule has 0 radical (unpaired) electrons. The predicted octanol–water partition coefficient (Wildman–Crippen LogP) is 6.07. The molecule has 4 aliphatic heterocycles. The number of isocyanates is 1. The van der Waals surface area contributed by atoms with E-state index in [1.54, 1.807) is 27.2 Å². The number of carbonyl (C=O) groups is 2. The van der Waals surface area contributed by atoms with Crippen LogP contribution in [0.1, 0.15) is 138 Å². The summed E-state index contributed by atoms with van der Waals surface area (Å²) in [6.45, 7) is 15.4. The molecule has 298 valence electrons. The topological polar surface area (TPSA) is 186 Å². The Kier molecular flexibility index (Phi) is 18.7. The first-order chi connectivity index (χ1) is 24.5. The molecular formula is C39H67N3O10. The number of aliphatic hydroxyl groups excluding tert-OH is 2. The lowest BCUT2D eigenvalue weighted by Gasteiger charge is -2.59. The fourth-order valence-corrected chi connectivity index (χ4v) is 8.01. The van der Waals surface area contributed by atoms with Crippen LogP contribution in [0, 0.1) is 23.4 Å². The molecule has 13 nitrogen and oxygen atoms in total. The van der Waals surface area contributed by atoms with Crippen LogP contribution in [0.15, 0.2) is 4.99 Å². The van der Waals surface area contributed by atoms with Crippen molar-refractivity contribution in [2.24, 2.45) is 16.8 Å². The van der Waals surface area contributed by atoms with Crippen molar-refractivity contribution in [3.05, 3.63) is 0 Å². The Balaban J connectivity index is 0.000000310. The maximum atomic E-state index is 12.2. The zero-order valence-electron chi connectivity index (χ0n) is 33.0. The van der Waals surface area contributed by atoms with Crippen molar-refractivity contribution in [2.75, 3.05) is 26.8 Å². The highest BCUT2D eigenvalue weighted by Crippen LogP contribution is 2.52.